The van der Waals surface area contributed by atoms with Crippen LogP contribution < -0.4 is 5.32 Å². The molecule has 0 saturated carbocycles. The van der Waals surface area contributed by atoms with Gasteiger partial charge in [-0.15, -0.1) is 0 Å². The molecule has 21 heavy (non-hydrogen) atoms. The predicted octanol–water partition coefficient (Wildman–Crippen LogP) is 2.29. The average Bonchev–Trinajstić information content (AvgIpc) is 2.52. The topological polar surface area (TPSA) is 58.6 Å². The average molecular weight is 290 g/mol. The summed E-state index contributed by atoms with van der Waals surface area (Å²) in [5.74, 6) is -0.334. The molecule has 0 spiro atoms. The Hall–Kier alpha value is -2.04. The van der Waals surface area contributed by atoms with Crippen molar-refractivity contribution in [1.82, 2.24) is 4.90 Å². The highest BCUT2D eigenvalue weighted by Crippen LogP contribution is 2.18. The van der Waals surface area contributed by atoms with Crippen LogP contribution in [0.15, 0.2) is 24.3 Å². The molecule has 1 saturated heterocycles. The molecule has 1 aliphatic rings. The number of amides is 1. The van der Waals surface area contributed by atoms with E-state index in [-0.39, 0.29) is 12.5 Å². The van der Waals surface area contributed by atoms with Crippen molar-refractivity contribution in [1.29, 1.82) is 0 Å². The number of nitrogens with zero attached hydrogens (tertiary/aromatic N) is 1. The van der Waals surface area contributed by atoms with E-state index in [0.717, 1.165) is 19.4 Å². The zero-order chi connectivity index (χ0) is 15.2. The Kier molecular flexibility index (Phi) is 5.20. The zero-order valence-corrected chi connectivity index (χ0v) is 12.6. The van der Waals surface area contributed by atoms with Gasteiger partial charge in [0.2, 0.25) is 5.91 Å². The van der Waals surface area contributed by atoms with Gasteiger partial charge in [-0.1, -0.05) is 12.1 Å². The third kappa shape index (κ3) is 3.74. The number of hydrogen-bond acceptors (Lipinski definition) is 4. The summed E-state index contributed by atoms with van der Waals surface area (Å²) in [6.45, 7) is 3.10. The standard InChI is InChI=1S/C16H22N2O3/c1-12-7-5-6-10-18(12)15(19)11-17-14-9-4-3-8-13(14)16(20)21-2/h3-4,8-9,12,17H,5-7,10-11H2,1-2H3. The lowest BCUT2D eigenvalue weighted by Gasteiger charge is -2.33. The van der Waals surface area contributed by atoms with Crippen molar-refractivity contribution in [3.63, 3.8) is 0 Å². The van der Waals surface area contributed by atoms with Crippen molar-refractivity contribution in [2.24, 2.45) is 0 Å². The van der Waals surface area contributed by atoms with E-state index in [4.69, 9.17) is 4.74 Å². The number of carbonyl (C=O) groups excluding carboxylic acids is 2. The van der Waals surface area contributed by atoms with Crippen LogP contribution in [0.3, 0.4) is 0 Å². The van der Waals surface area contributed by atoms with Crippen LogP contribution in [0.1, 0.15) is 36.5 Å². The number of benzene rings is 1. The van der Waals surface area contributed by atoms with Gasteiger partial charge in [-0.2, -0.15) is 0 Å². The lowest BCUT2D eigenvalue weighted by Crippen LogP contribution is -2.44. The highest BCUT2D eigenvalue weighted by atomic mass is 16.5. The Morgan fingerprint density at radius 1 is 1.33 bits per heavy atom. The molecule has 5 nitrogen and oxygen atoms in total. The van der Waals surface area contributed by atoms with Crippen LogP contribution >= 0.6 is 0 Å². The first-order valence-corrected chi connectivity index (χ1v) is 7.34. The van der Waals surface area contributed by atoms with E-state index in [2.05, 4.69) is 12.2 Å². The van der Waals surface area contributed by atoms with E-state index >= 15 is 0 Å². The maximum absolute atomic E-state index is 12.3. The van der Waals surface area contributed by atoms with Crippen molar-refractivity contribution >= 4 is 17.6 Å². The van der Waals surface area contributed by atoms with E-state index in [0.29, 0.717) is 17.3 Å². The van der Waals surface area contributed by atoms with Crippen LogP contribution in [-0.2, 0) is 9.53 Å². The molecule has 1 fully saturated rings. The summed E-state index contributed by atoms with van der Waals surface area (Å²) in [7, 11) is 1.35. The Morgan fingerprint density at radius 2 is 2.10 bits per heavy atom. The summed E-state index contributed by atoms with van der Waals surface area (Å²) in [4.78, 5) is 25.9. The number of anilines is 1. The second kappa shape index (κ2) is 7.11. The lowest BCUT2D eigenvalue weighted by molar-refractivity contribution is -0.132. The highest BCUT2D eigenvalue weighted by molar-refractivity contribution is 5.96. The monoisotopic (exact) mass is 290 g/mol. The normalized spacial score (nSPS) is 18.2. The number of rotatable bonds is 4. The number of hydrogen-bond donors (Lipinski definition) is 1. The molecular formula is C16H22N2O3. The zero-order valence-electron chi connectivity index (χ0n) is 12.6. The molecular weight excluding hydrogens is 268 g/mol. The predicted molar refractivity (Wildman–Crippen MR) is 81.3 cm³/mol. The molecule has 0 aliphatic carbocycles. The van der Waals surface area contributed by atoms with Crippen molar-refractivity contribution in [2.45, 2.75) is 32.2 Å². The molecule has 1 unspecified atom stereocenters. The van der Waals surface area contributed by atoms with Crippen molar-refractivity contribution in [3.8, 4) is 0 Å². The number of piperidine rings is 1. The van der Waals surface area contributed by atoms with Crippen molar-refractivity contribution < 1.29 is 14.3 Å². The van der Waals surface area contributed by atoms with E-state index in [1.807, 2.05) is 11.0 Å². The second-order valence-corrected chi connectivity index (χ2v) is 5.32. The number of para-hydroxylation sites is 1. The summed E-state index contributed by atoms with van der Waals surface area (Å²) >= 11 is 0. The minimum atomic E-state index is -0.406. The number of carbonyl (C=O) groups is 2. The van der Waals surface area contributed by atoms with Gasteiger partial charge < -0.3 is 15.0 Å². The number of methoxy groups -OCH3 is 1. The first-order valence-electron chi connectivity index (χ1n) is 7.34. The number of ether oxygens (including phenoxy) is 1. The summed E-state index contributed by atoms with van der Waals surface area (Å²) in [5.41, 5.74) is 1.07. The van der Waals surface area contributed by atoms with Gasteiger partial charge in [0.1, 0.15) is 0 Å². The molecule has 114 valence electrons. The lowest BCUT2D eigenvalue weighted by atomic mass is 10.0. The molecule has 0 radical (unpaired) electrons. The Morgan fingerprint density at radius 3 is 2.81 bits per heavy atom. The van der Waals surface area contributed by atoms with Crippen LogP contribution in [0, 0.1) is 0 Å². The third-order valence-corrected chi connectivity index (χ3v) is 3.89. The fraction of sp³-hybridized carbons (Fsp3) is 0.500. The Bertz CT molecular complexity index is 516. The molecule has 0 aromatic heterocycles. The molecule has 1 amide bonds. The van der Waals surface area contributed by atoms with Crippen LogP contribution in [0.4, 0.5) is 5.69 Å². The molecule has 1 heterocycles. The quantitative estimate of drug-likeness (QED) is 0.864. The summed E-state index contributed by atoms with van der Waals surface area (Å²) in [5, 5.41) is 3.05. The summed E-state index contributed by atoms with van der Waals surface area (Å²) in [6, 6.07) is 7.35. The van der Waals surface area contributed by atoms with Gasteiger partial charge in [-0.05, 0) is 38.3 Å². The van der Waals surface area contributed by atoms with Gasteiger partial charge in [0.25, 0.3) is 0 Å². The SMILES string of the molecule is COC(=O)c1ccccc1NCC(=O)N1CCCCC1C. The van der Waals surface area contributed by atoms with Gasteiger partial charge in [0.05, 0.1) is 19.2 Å². The molecule has 0 bridgehead atoms. The first kappa shape index (κ1) is 15.4. The number of likely N-dealkylation sites (tertiary alicyclic amines) is 1. The Labute approximate surface area is 125 Å². The van der Waals surface area contributed by atoms with Gasteiger partial charge in [0, 0.05) is 18.3 Å². The van der Waals surface area contributed by atoms with E-state index in [1.165, 1.54) is 13.5 Å². The molecule has 1 aliphatic heterocycles. The van der Waals surface area contributed by atoms with Gasteiger partial charge in [0.15, 0.2) is 0 Å². The molecule has 2 rings (SSSR count). The highest BCUT2D eigenvalue weighted by Gasteiger charge is 2.23. The minimum Gasteiger partial charge on any atom is -0.465 e. The van der Waals surface area contributed by atoms with Crippen LogP contribution in [0.5, 0.6) is 0 Å². The fourth-order valence-electron chi connectivity index (χ4n) is 2.67. The van der Waals surface area contributed by atoms with Crippen LogP contribution in [0.25, 0.3) is 0 Å². The summed E-state index contributed by atoms with van der Waals surface area (Å²) < 4.78 is 4.74. The minimum absolute atomic E-state index is 0.0712. The smallest absolute Gasteiger partial charge is 0.339 e. The van der Waals surface area contributed by atoms with Crippen LogP contribution in [-0.4, -0.2) is 43.0 Å². The molecule has 1 aromatic rings. The second-order valence-electron chi connectivity index (χ2n) is 5.32. The van der Waals surface area contributed by atoms with Crippen LogP contribution in [0.2, 0.25) is 0 Å². The van der Waals surface area contributed by atoms with E-state index < -0.39 is 5.97 Å². The van der Waals surface area contributed by atoms with Crippen molar-refractivity contribution in [3.05, 3.63) is 29.8 Å². The van der Waals surface area contributed by atoms with E-state index in [9.17, 15) is 9.59 Å². The molecule has 1 atom stereocenters. The van der Waals surface area contributed by atoms with Gasteiger partial charge in [-0.25, -0.2) is 4.79 Å². The summed E-state index contributed by atoms with van der Waals surface area (Å²) in [6.07, 6.45) is 3.31. The number of nitrogens with one attached hydrogen (secondary N) is 1. The van der Waals surface area contributed by atoms with Gasteiger partial charge in [-0.3, -0.25) is 4.79 Å². The first-order chi connectivity index (χ1) is 10.1. The third-order valence-electron chi connectivity index (χ3n) is 3.89. The van der Waals surface area contributed by atoms with Crippen molar-refractivity contribution in [2.75, 3.05) is 25.5 Å². The maximum Gasteiger partial charge on any atom is 0.339 e. The Balaban J connectivity index is 1.99. The largest absolute Gasteiger partial charge is 0.465 e. The van der Waals surface area contributed by atoms with Gasteiger partial charge >= 0.3 is 5.97 Å². The van der Waals surface area contributed by atoms with E-state index in [1.54, 1.807) is 18.2 Å². The molecule has 5 heteroatoms. The number of esters is 1. The molecule has 1 N–H and O–H groups in total. The molecule has 1 aromatic carbocycles. The fourth-order valence-corrected chi connectivity index (χ4v) is 2.67. The maximum atomic E-state index is 12.3.